The molecule has 0 heterocycles. The van der Waals surface area contributed by atoms with Gasteiger partial charge in [-0.1, -0.05) is 35.9 Å². The second kappa shape index (κ2) is 5.51. The molecule has 0 spiro atoms. The van der Waals surface area contributed by atoms with Crippen LogP contribution in [0, 0.1) is 12.7 Å². The fraction of sp³-hybridized carbons (Fsp3) is 0.200. The van der Waals surface area contributed by atoms with Crippen molar-refractivity contribution in [3.63, 3.8) is 0 Å². The van der Waals surface area contributed by atoms with Crippen LogP contribution in [0.3, 0.4) is 0 Å². The van der Waals surface area contributed by atoms with Crippen molar-refractivity contribution in [2.45, 2.75) is 13.0 Å². The molecule has 2 aromatic rings. The standard InChI is InChI=1S/C15H15ClFN/c1-10-9-12(5-8-14(10)17)15(18-2)11-3-6-13(16)7-4-11/h3-9,15,18H,1-2H3. The Bertz CT molecular complexity index is 537. The van der Waals surface area contributed by atoms with Gasteiger partial charge in [0.2, 0.25) is 0 Å². The van der Waals surface area contributed by atoms with Gasteiger partial charge in [-0.05, 0) is 48.9 Å². The van der Waals surface area contributed by atoms with Gasteiger partial charge in [-0.2, -0.15) is 0 Å². The zero-order valence-electron chi connectivity index (χ0n) is 10.4. The van der Waals surface area contributed by atoms with Crippen LogP contribution in [0.5, 0.6) is 0 Å². The Hall–Kier alpha value is -1.38. The molecule has 0 amide bonds. The number of nitrogens with one attached hydrogen (secondary N) is 1. The average molecular weight is 264 g/mol. The summed E-state index contributed by atoms with van der Waals surface area (Å²) in [6.45, 7) is 1.77. The Morgan fingerprint density at radius 2 is 1.67 bits per heavy atom. The van der Waals surface area contributed by atoms with Gasteiger partial charge in [0.25, 0.3) is 0 Å². The van der Waals surface area contributed by atoms with Gasteiger partial charge in [0.1, 0.15) is 5.82 Å². The van der Waals surface area contributed by atoms with Gasteiger partial charge in [0.05, 0.1) is 6.04 Å². The van der Waals surface area contributed by atoms with E-state index in [4.69, 9.17) is 11.6 Å². The average Bonchev–Trinajstić information content (AvgIpc) is 2.37. The Morgan fingerprint density at radius 1 is 1.06 bits per heavy atom. The fourth-order valence-electron chi connectivity index (χ4n) is 2.03. The Balaban J connectivity index is 2.38. The van der Waals surface area contributed by atoms with Crippen molar-refractivity contribution in [2.75, 3.05) is 7.05 Å². The lowest BCUT2D eigenvalue weighted by molar-refractivity contribution is 0.614. The van der Waals surface area contributed by atoms with Crippen molar-refractivity contribution in [1.29, 1.82) is 0 Å². The van der Waals surface area contributed by atoms with E-state index < -0.39 is 0 Å². The first kappa shape index (κ1) is 13.1. The minimum atomic E-state index is -0.176. The third kappa shape index (κ3) is 2.71. The van der Waals surface area contributed by atoms with Crippen LogP contribution >= 0.6 is 11.6 Å². The highest BCUT2D eigenvalue weighted by Gasteiger charge is 2.12. The van der Waals surface area contributed by atoms with Crippen LogP contribution in [0.2, 0.25) is 5.02 Å². The molecular weight excluding hydrogens is 249 g/mol. The summed E-state index contributed by atoms with van der Waals surface area (Å²) in [5.41, 5.74) is 2.80. The molecular formula is C15H15ClFN. The van der Waals surface area contributed by atoms with E-state index in [0.29, 0.717) is 10.6 Å². The van der Waals surface area contributed by atoms with E-state index in [1.807, 2.05) is 37.4 Å². The van der Waals surface area contributed by atoms with Gasteiger partial charge in [-0.15, -0.1) is 0 Å². The molecule has 0 bridgehead atoms. The summed E-state index contributed by atoms with van der Waals surface area (Å²) < 4.78 is 13.3. The lowest BCUT2D eigenvalue weighted by atomic mass is 9.97. The van der Waals surface area contributed by atoms with Gasteiger partial charge in [0, 0.05) is 5.02 Å². The third-order valence-corrected chi connectivity index (χ3v) is 3.26. The van der Waals surface area contributed by atoms with Crippen LogP contribution in [0.25, 0.3) is 0 Å². The number of hydrogen-bond donors (Lipinski definition) is 1. The fourth-order valence-corrected chi connectivity index (χ4v) is 2.15. The van der Waals surface area contributed by atoms with Crippen LogP contribution < -0.4 is 5.32 Å². The normalized spacial score (nSPS) is 12.4. The van der Waals surface area contributed by atoms with E-state index in [2.05, 4.69) is 5.32 Å². The van der Waals surface area contributed by atoms with Gasteiger partial charge >= 0.3 is 0 Å². The molecule has 0 saturated heterocycles. The second-order valence-corrected chi connectivity index (χ2v) is 4.72. The number of hydrogen-bond acceptors (Lipinski definition) is 1. The van der Waals surface area contributed by atoms with Crippen LogP contribution in [0.1, 0.15) is 22.7 Å². The molecule has 1 N–H and O–H groups in total. The van der Waals surface area contributed by atoms with Crippen molar-refractivity contribution in [3.8, 4) is 0 Å². The quantitative estimate of drug-likeness (QED) is 0.879. The second-order valence-electron chi connectivity index (χ2n) is 4.28. The first-order valence-corrected chi connectivity index (χ1v) is 6.18. The summed E-state index contributed by atoms with van der Waals surface area (Å²) in [5, 5.41) is 3.95. The van der Waals surface area contributed by atoms with Crippen molar-refractivity contribution >= 4 is 11.6 Å². The first-order valence-electron chi connectivity index (χ1n) is 5.80. The molecule has 1 nitrogen and oxygen atoms in total. The summed E-state index contributed by atoms with van der Waals surface area (Å²) in [5.74, 6) is -0.176. The minimum absolute atomic E-state index is 0.0431. The molecule has 0 aromatic heterocycles. The number of rotatable bonds is 3. The highest BCUT2D eigenvalue weighted by Crippen LogP contribution is 2.24. The maximum Gasteiger partial charge on any atom is 0.126 e. The molecule has 1 atom stereocenters. The zero-order chi connectivity index (χ0) is 13.1. The lowest BCUT2D eigenvalue weighted by Crippen LogP contribution is -2.17. The summed E-state index contributed by atoms with van der Waals surface area (Å²) >= 11 is 5.88. The molecule has 3 heteroatoms. The predicted octanol–water partition coefficient (Wildman–Crippen LogP) is 4.10. The Labute approximate surface area is 112 Å². The Kier molecular flexibility index (Phi) is 4.00. The Morgan fingerprint density at radius 3 is 2.22 bits per heavy atom. The van der Waals surface area contributed by atoms with E-state index in [0.717, 1.165) is 11.1 Å². The van der Waals surface area contributed by atoms with Crippen LogP contribution in [-0.4, -0.2) is 7.05 Å². The van der Waals surface area contributed by atoms with E-state index in [1.165, 1.54) is 6.07 Å². The number of benzene rings is 2. The molecule has 2 rings (SSSR count). The topological polar surface area (TPSA) is 12.0 Å². The van der Waals surface area contributed by atoms with Gasteiger partial charge in [0.15, 0.2) is 0 Å². The monoisotopic (exact) mass is 263 g/mol. The molecule has 0 aliphatic heterocycles. The number of aryl methyl sites for hydroxylation is 1. The maximum absolute atomic E-state index is 13.3. The van der Waals surface area contributed by atoms with Crippen LogP contribution in [0.15, 0.2) is 42.5 Å². The minimum Gasteiger partial charge on any atom is -0.309 e. The molecule has 0 aliphatic carbocycles. The lowest BCUT2D eigenvalue weighted by Gasteiger charge is -2.18. The summed E-state index contributed by atoms with van der Waals surface area (Å²) in [6, 6.07) is 12.9. The van der Waals surface area contributed by atoms with Gasteiger partial charge in [-0.25, -0.2) is 4.39 Å². The predicted molar refractivity (Wildman–Crippen MR) is 73.5 cm³/mol. The zero-order valence-corrected chi connectivity index (χ0v) is 11.1. The van der Waals surface area contributed by atoms with E-state index in [1.54, 1.807) is 13.0 Å². The molecule has 1 unspecified atom stereocenters. The highest BCUT2D eigenvalue weighted by molar-refractivity contribution is 6.30. The van der Waals surface area contributed by atoms with Gasteiger partial charge < -0.3 is 5.32 Å². The maximum atomic E-state index is 13.3. The van der Waals surface area contributed by atoms with Crippen molar-refractivity contribution in [1.82, 2.24) is 5.32 Å². The van der Waals surface area contributed by atoms with Crippen LogP contribution in [0.4, 0.5) is 4.39 Å². The van der Waals surface area contributed by atoms with Crippen LogP contribution in [-0.2, 0) is 0 Å². The highest BCUT2D eigenvalue weighted by atomic mass is 35.5. The molecule has 0 radical (unpaired) electrons. The largest absolute Gasteiger partial charge is 0.309 e. The molecule has 0 aliphatic rings. The van der Waals surface area contributed by atoms with Crippen molar-refractivity contribution in [3.05, 3.63) is 70.0 Å². The number of halogens is 2. The van der Waals surface area contributed by atoms with Gasteiger partial charge in [-0.3, -0.25) is 0 Å². The molecule has 94 valence electrons. The van der Waals surface area contributed by atoms with Crippen molar-refractivity contribution < 1.29 is 4.39 Å². The summed E-state index contributed by atoms with van der Waals surface area (Å²) in [7, 11) is 1.89. The first-order chi connectivity index (χ1) is 8.61. The molecule has 0 saturated carbocycles. The molecule has 18 heavy (non-hydrogen) atoms. The third-order valence-electron chi connectivity index (χ3n) is 3.01. The summed E-state index contributed by atoms with van der Waals surface area (Å²) in [6.07, 6.45) is 0. The summed E-state index contributed by atoms with van der Waals surface area (Å²) in [4.78, 5) is 0. The smallest absolute Gasteiger partial charge is 0.126 e. The molecule has 0 fully saturated rings. The van der Waals surface area contributed by atoms with E-state index in [9.17, 15) is 4.39 Å². The SMILES string of the molecule is CNC(c1ccc(Cl)cc1)c1ccc(F)c(C)c1. The molecule has 2 aromatic carbocycles. The van der Waals surface area contributed by atoms with Crippen molar-refractivity contribution in [2.24, 2.45) is 0 Å². The van der Waals surface area contributed by atoms with E-state index >= 15 is 0 Å². The van der Waals surface area contributed by atoms with E-state index in [-0.39, 0.29) is 11.9 Å².